The summed E-state index contributed by atoms with van der Waals surface area (Å²) < 4.78 is 25.7. The molecule has 0 radical (unpaired) electrons. The highest BCUT2D eigenvalue weighted by atomic mass is 32.2. The Morgan fingerprint density at radius 1 is 1.07 bits per heavy atom. The molecule has 4 rings (SSSR count). The van der Waals surface area contributed by atoms with Crippen LogP contribution in [0.1, 0.15) is 11.1 Å². The highest BCUT2D eigenvalue weighted by Crippen LogP contribution is 2.35. The molecule has 0 saturated heterocycles. The number of nitrogens with one attached hydrogen (secondary N) is 1. The van der Waals surface area contributed by atoms with Gasteiger partial charge in [0.1, 0.15) is 18.3 Å². The Morgan fingerprint density at radius 2 is 1.89 bits per heavy atom. The van der Waals surface area contributed by atoms with Crippen LogP contribution < -0.4 is 9.46 Å². The molecule has 4 aromatic rings. The lowest BCUT2D eigenvalue weighted by Gasteiger charge is -2.13. The zero-order valence-corrected chi connectivity index (χ0v) is 16.4. The molecular weight excluding hydrogens is 376 g/mol. The van der Waals surface area contributed by atoms with Gasteiger partial charge >= 0.3 is 0 Å². The predicted octanol–water partition coefficient (Wildman–Crippen LogP) is 4.04. The van der Waals surface area contributed by atoms with Gasteiger partial charge in [0.2, 0.25) is 0 Å². The molecule has 0 spiro atoms. The molecule has 28 heavy (non-hydrogen) atoms. The van der Waals surface area contributed by atoms with E-state index in [4.69, 9.17) is 9.26 Å². The van der Waals surface area contributed by atoms with Crippen molar-refractivity contribution in [1.29, 1.82) is 0 Å². The van der Waals surface area contributed by atoms with E-state index in [1.807, 2.05) is 19.1 Å². The lowest BCUT2D eigenvalue weighted by molar-refractivity contribution is 0.416. The highest BCUT2D eigenvalue weighted by molar-refractivity contribution is 7.86. The van der Waals surface area contributed by atoms with Crippen LogP contribution in [0.15, 0.2) is 58.4 Å². The quantitative estimate of drug-likeness (QED) is 0.549. The molecular formula is C20H18N4O3S. The Balaban J connectivity index is 1.78. The molecule has 7 nitrogen and oxygen atoms in total. The molecule has 0 aliphatic heterocycles. The van der Waals surface area contributed by atoms with Crippen molar-refractivity contribution in [2.45, 2.75) is 18.7 Å². The van der Waals surface area contributed by atoms with E-state index in [0.717, 1.165) is 33.5 Å². The summed E-state index contributed by atoms with van der Waals surface area (Å²) in [5.74, 6) is 1.16. The van der Waals surface area contributed by atoms with E-state index in [0.29, 0.717) is 16.2 Å². The number of benzene rings is 2. The van der Waals surface area contributed by atoms with Gasteiger partial charge in [0, 0.05) is 17.0 Å². The van der Waals surface area contributed by atoms with Crippen LogP contribution in [0.2, 0.25) is 0 Å². The van der Waals surface area contributed by atoms with Crippen molar-refractivity contribution >= 4 is 27.7 Å². The van der Waals surface area contributed by atoms with Gasteiger partial charge in [0.25, 0.3) is 0 Å². The fraction of sp³-hybridized carbons (Fsp3) is 0.150. The number of hydrogen-bond donors (Lipinski definition) is 1. The second-order valence-electron chi connectivity index (χ2n) is 6.29. The maximum absolute atomic E-state index is 12.5. The number of aryl methyl sites for hydroxylation is 2. The molecule has 2 heterocycles. The third-order valence-corrected chi connectivity index (χ3v) is 5.60. The van der Waals surface area contributed by atoms with E-state index in [-0.39, 0.29) is 0 Å². The van der Waals surface area contributed by atoms with Gasteiger partial charge < -0.3 is 9.26 Å². The average Bonchev–Trinajstić information content (AvgIpc) is 3.21. The Morgan fingerprint density at radius 3 is 2.64 bits per heavy atom. The molecule has 0 fully saturated rings. The van der Waals surface area contributed by atoms with E-state index < -0.39 is 11.0 Å². The lowest BCUT2D eigenvalue weighted by Crippen LogP contribution is -2.05. The van der Waals surface area contributed by atoms with Gasteiger partial charge in [0.15, 0.2) is 16.8 Å². The number of fused-ring (bicyclic) bond motifs is 1. The first-order chi connectivity index (χ1) is 13.6. The van der Waals surface area contributed by atoms with Gasteiger partial charge in [-0.1, -0.05) is 5.16 Å². The van der Waals surface area contributed by atoms with Crippen LogP contribution in [0.5, 0.6) is 5.75 Å². The van der Waals surface area contributed by atoms with Crippen molar-refractivity contribution in [3.05, 3.63) is 60.1 Å². The van der Waals surface area contributed by atoms with Crippen LogP contribution in [0.3, 0.4) is 0 Å². The van der Waals surface area contributed by atoms with Crippen molar-refractivity contribution in [3.8, 4) is 17.0 Å². The number of anilines is 1. The highest BCUT2D eigenvalue weighted by Gasteiger charge is 2.15. The second-order valence-corrected chi connectivity index (χ2v) is 7.51. The van der Waals surface area contributed by atoms with Crippen LogP contribution in [0, 0.1) is 13.8 Å². The van der Waals surface area contributed by atoms with Gasteiger partial charge in [0.05, 0.1) is 23.2 Å². The molecule has 0 bridgehead atoms. The van der Waals surface area contributed by atoms with Crippen LogP contribution in [0.4, 0.5) is 5.82 Å². The van der Waals surface area contributed by atoms with E-state index in [9.17, 15) is 4.21 Å². The number of nitrogens with zero attached hydrogens (tertiary/aromatic N) is 3. The van der Waals surface area contributed by atoms with Gasteiger partial charge in [-0.2, -0.15) is 0 Å². The average molecular weight is 394 g/mol. The second kappa shape index (κ2) is 7.40. The molecule has 1 N–H and O–H groups in total. The summed E-state index contributed by atoms with van der Waals surface area (Å²) >= 11 is 0. The standard InChI is InChI=1S/C20H18N4O3S/c1-12-8-16(18(26-3)9-13(12)2)20-15-5-4-14(10-17(15)21-11-22-20)28(25)24-19-6-7-27-23-19/h4-11H,1-3H3,(H,23,24). The van der Waals surface area contributed by atoms with Crippen molar-refractivity contribution in [1.82, 2.24) is 15.1 Å². The molecule has 2 aromatic carbocycles. The number of methoxy groups -OCH3 is 1. The summed E-state index contributed by atoms with van der Waals surface area (Å²) in [4.78, 5) is 9.42. The minimum atomic E-state index is -1.49. The number of ether oxygens (including phenoxy) is 1. The minimum absolute atomic E-state index is 0.404. The summed E-state index contributed by atoms with van der Waals surface area (Å²) in [5.41, 5.74) is 4.66. The van der Waals surface area contributed by atoms with E-state index in [2.05, 4.69) is 32.8 Å². The maximum Gasteiger partial charge on any atom is 0.181 e. The van der Waals surface area contributed by atoms with Gasteiger partial charge in [-0.05, 0) is 55.3 Å². The molecule has 8 heteroatoms. The number of hydrogen-bond acceptors (Lipinski definition) is 6. The van der Waals surface area contributed by atoms with Crippen LogP contribution in [0.25, 0.3) is 22.2 Å². The van der Waals surface area contributed by atoms with E-state index in [1.54, 1.807) is 25.3 Å². The van der Waals surface area contributed by atoms with Crippen LogP contribution in [-0.2, 0) is 11.0 Å². The smallest absolute Gasteiger partial charge is 0.181 e. The van der Waals surface area contributed by atoms with E-state index >= 15 is 0 Å². The topological polar surface area (TPSA) is 90.1 Å². The Hall–Kier alpha value is -3.26. The van der Waals surface area contributed by atoms with Crippen LogP contribution >= 0.6 is 0 Å². The fourth-order valence-corrected chi connectivity index (χ4v) is 3.75. The third-order valence-electron chi connectivity index (χ3n) is 4.53. The Bertz CT molecular complexity index is 1180. The first-order valence-electron chi connectivity index (χ1n) is 8.56. The molecule has 0 aliphatic carbocycles. The summed E-state index contributed by atoms with van der Waals surface area (Å²) in [6.45, 7) is 4.10. The maximum atomic E-state index is 12.5. The van der Waals surface area contributed by atoms with Gasteiger partial charge in [-0.25, -0.2) is 14.2 Å². The van der Waals surface area contributed by atoms with Crippen molar-refractivity contribution in [3.63, 3.8) is 0 Å². The zero-order chi connectivity index (χ0) is 19.7. The van der Waals surface area contributed by atoms with Crippen molar-refractivity contribution in [2.24, 2.45) is 0 Å². The summed E-state index contributed by atoms with van der Waals surface area (Å²) in [6.07, 6.45) is 2.92. The van der Waals surface area contributed by atoms with Crippen molar-refractivity contribution < 1.29 is 13.5 Å². The first-order valence-corrected chi connectivity index (χ1v) is 9.71. The summed E-state index contributed by atoms with van der Waals surface area (Å²) in [7, 11) is 0.156. The molecule has 0 amide bonds. The fourth-order valence-electron chi connectivity index (χ4n) is 2.93. The molecule has 1 atom stereocenters. The molecule has 2 aromatic heterocycles. The van der Waals surface area contributed by atoms with E-state index in [1.165, 1.54) is 12.6 Å². The lowest BCUT2D eigenvalue weighted by atomic mass is 10.00. The normalized spacial score (nSPS) is 12.1. The number of aromatic nitrogens is 3. The first kappa shape index (κ1) is 18.1. The predicted molar refractivity (Wildman–Crippen MR) is 108 cm³/mol. The molecule has 142 valence electrons. The minimum Gasteiger partial charge on any atom is -0.496 e. The third kappa shape index (κ3) is 3.34. The zero-order valence-electron chi connectivity index (χ0n) is 15.6. The van der Waals surface area contributed by atoms with Crippen molar-refractivity contribution in [2.75, 3.05) is 11.8 Å². The Kier molecular flexibility index (Phi) is 4.79. The Labute approximate surface area is 164 Å². The summed E-state index contributed by atoms with van der Waals surface area (Å²) in [6, 6.07) is 11.1. The molecule has 0 saturated carbocycles. The number of rotatable bonds is 5. The SMILES string of the molecule is COc1cc(C)c(C)cc1-c1ncnc2cc(S(=O)Nc3ccon3)ccc12. The van der Waals surface area contributed by atoms with Crippen LogP contribution in [-0.4, -0.2) is 26.4 Å². The summed E-state index contributed by atoms with van der Waals surface area (Å²) in [5, 5.41) is 4.57. The van der Waals surface area contributed by atoms with Gasteiger partial charge in [-0.15, -0.1) is 0 Å². The van der Waals surface area contributed by atoms with Gasteiger partial charge in [-0.3, -0.25) is 4.72 Å². The molecule has 1 unspecified atom stereocenters. The molecule has 0 aliphatic rings. The monoisotopic (exact) mass is 394 g/mol. The largest absolute Gasteiger partial charge is 0.496 e.